The zero-order valence-electron chi connectivity index (χ0n) is 15.8. The van der Waals surface area contributed by atoms with Gasteiger partial charge in [-0.05, 0) is 18.6 Å². The lowest BCUT2D eigenvalue weighted by Gasteiger charge is -2.29. The van der Waals surface area contributed by atoms with Crippen molar-refractivity contribution in [1.29, 1.82) is 0 Å². The minimum absolute atomic E-state index is 0.0335. The third-order valence-electron chi connectivity index (χ3n) is 3.60. The van der Waals surface area contributed by atoms with Crippen LogP contribution in [0.2, 0.25) is 0 Å². The van der Waals surface area contributed by atoms with Gasteiger partial charge in [-0.25, -0.2) is 12.8 Å². The van der Waals surface area contributed by atoms with E-state index in [4.69, 9.17) is 0 Å². The molecule has 1 atom stereocenters. The summed E-state index contributed by atoms with van der Waals surface area (Å²) in [6.07, 6.45) is 0.998. The number of para-hydroxylation sites is 1. The highest BCUT2D eigenvalue weighted by atomic mass is 32.2. The lowest BCUT2D eigenvalue weighted by atomic mass is 10.2. The second kappa shape index (κ2) is 9.98. The van der Waals surface area contributed by atoms with Crippen LogP contribution in [0, 0.1) is 5.82 Å². The van der Waals surface area contributed by atoms with Crippen molar-refractivity contribution in [1.82, 2.24) is 10.2 Å². The van der Waals surface area contributed by atoms with E-state index in [0.717, 1.165) is 39.7 Å². The Hall–Kier alpha value is -2.25. The number of nitrogens with one attached hydrogen (secondary N) is 1. The summed E-state index contributed by atoms with van der Waals surface area (Å²) in [6, 6.07) is 4.12. The number of rotatable bonds is 9. The van der Waals surface area contributed by atoms with Crippen LogP contribution in [0.3, 0.4) is 0 Å². The summed E-state index contributed by atoms with van der Waals surface area (Å²) in [4.78, 5) is 23.9. The number of sulfonamides is 1. The number of halogens is 1. The Morgan fingerprint density at radius 1 is 1.34 bits per heavy atom. The van der Waals surface area contributed by atoms with Crippen LogP contribution in [-0.2, 0) is 24.3 Å². The molecule has 0 aliphatic carbocycles. The Kier molecular flexibility index (Phi) is 7.93. The minimum Gasteiger partial charge on any atom is -0.468 e. The normalized spacial score (nSPS) is 12.3. The van der Waals surface area contributed by atoms with E-state index in [9.17, 15) is 22.4 Å². The number of methoxy groups -OCH3 is 1. The number of carbonyl (C=O) groups is 2. The molecule has 1 amide bonds. The molecular weight excluding hydrogens is 443 g/mol. The molecule has 0 saturated heterocycles. The molecule has 2 rings (SSSR count). The smallest absolute Gasteiger partial charge is 0.316 e. The fraction of sp³-hybridized carbons (Fsp3) is 0.375. The number of carbonyl (C=O) groups excluding carboxylic acids is 2. The van der Waals surface area contributed by atoms with Crippen LogP contribution >= 0.6 is 23.1 Å². The molecular formula is C16H19FN4O5S3. The summed E-state index contributed by atoms with van der Waals surface area (Å²) in [6.45, 7) is 1.61. The minimum atomic E-state index is -3.96. The Bertz CT molecular complexity index is 982. The van der Waals surface area contributed by atoms with Gasteiger partial charge < -0.3 is 4.74 Å². The van der Waals surface area contributed by atoms with E-state index in [1.165, 1.54) is 25.3 Å². The van der Waals surface area contributed by atoms with Gasteiger partial charge >= 0.3 is 5.97 Å². The van der Waals surface area contributed by atoms with Crippen LogP contribution in [0.5, 0.6) is 0 Å². The highest BCUT2D eigenvalue weighted by Crippen LogP contribution is 2.28. The molecule has 1 aromatic carbocycles. The molecule has 0 fully saturated rings. The number of ether oxygens (including phenoxy) is 1. The van der Waals surface area contributed by atoms with E-state index in [0.29, 0.717) is 4.34 Å². The maximum Gasteiger partial charge on any atom is 0.316 e. The highest BCUT2D eigenvalue weighted by molar-refractivity contribution is 8.01. The van der Waals surface area contributed by atoms with Crippen molar-refractivity contribution in [3.05, 3.63) is 30.1 Å². The third kappa shape index (κ3) is 6.11. The highest BCUT2D eigenvalue weighted by Gasteiger charge is 2.33. The van der Waals surface area contributed by atoms with Crippen LogP contribution in [0.15, 0.2) is 28.6 Å². The van der Waals surface area contributed by atoms with Crippen molar-refractivity contribution in [2.75, 3.05) is 28.7 Å². The number of hydrogen-bond acceptors (Lipinski definition) is 9. The zero-order chi connectivity index (χ0) is 21.6. The molecule has 13 heteroatoms. The molecule has 0 saturated carbocycles. The molecule has 1 aromatic heterocycles. The number of benzene rings is 1. The lowest BCUT2D eigenvalue weighted by molar-refractivity contribution is -0.137. The molecule has 0 radical (unpaired) electrons. The van der Waals surface area contributed by atoms with E-state index in [-0.39, 0.29) is 23.0 Å². The molecule has 1 N–H and O–H groups in total. The molecule has 0 aliphatic heterocycles. The number of aromatic nitrogens is 2. The third-order valence-corrected chi connectivity index (χ3v) is 6.71. The number of esters is 1. The van der Waals surface area contributed by atoms with Gasteiger partial charge in [-0.1, -0.05) is 42.2 Å². The summed E-state index contributed by atoms with van der Waals surface area (Å²) in [5, 5.41) is 10.3. The van der Waals surface area contributed by atoms with Gasteiger partial charge in [0.2, 0.25) is 21.1 Å². The van der Waals surface area contributed by atoms with Gasteiger partial charge in [0, 0.05) is 0 Å². The average Bonchev–Trinajstić information content (AvgIpc) is 3.11. The van der Waals surface area contributed by atoms with Crippen LogP contribution < -0.4 is 9.62 Å². The molecule has 9 nitrogen and oxygen atoms in total. The summed E-state index contributed by atoms with van der Waals surface area (Å²) in [5.41, 5.74) is -0.219. The summed E-state index contributed by atoms with van der Waals surface area (Å²) in [5.74, 6) is -1.84. The first-order valence-electron chi connectivity index (χ1n) is 8.25. The first-order chi connectivity index (χ1) is 13.7. The molecule has 1 heterocycles. The monoisotopic (exact) mass is 462 g/mol. The van der Waals surface area contributed by atoms with Crippen molar-refractivity contribution in [3.8, 4) is 0 Å². The SMILES string of the molecule is CCC(C(=O)Nc1nnc(SCC(=O)OC)s1)N(c1ccccc1F)S(C)(=O)=O. The van der Waals surface area contributed by atoms with Crippen LogP contribution in [-0.4, -0.2) is 55.7 Å². The van der Waals surface area contributed by atoms with Crippen LogP contribution in [0.25, 0.3) is 0 Å². The molecule has 158 valence electrons. The molecule has 1 unspecified atom stereocenters. The summed E-state index contributed by atoms with van der Waals surface area (Å²) < 4.78 is 44.6. The van der Waals surface area contributed by atoms with Gasteiger partial charge in [0.1, 0.15) is 11.9 Å². The number of anilines is 2. The first-order valence-corrected chi connectivity index (χ1v) is 11.9. The number of thioether (sulfide) groups is 1. The van der Waals surface area contributed by atoms with Gasteiger partial charge in [0.05, 0.1) is 24.8 Å². The molecule has 29 heavy (non-hydrogen) atoms. The summed E-state index contributed by atoms with van der Waals surface area (Å²) in [7, 11) is -2.69. The Morgan fingerprint density at radius 2 is 2.03 bits per heavy atom. The Labute approximate surface area is 175 Å². The van der Waals surface area contributed by atoms with Crippen molar-refractivity contribution in [2.24, 2.45) is 0 Å². The van der Waals surface area contributed by atoms with E-state index < -0.39 is 33.8 Å². The maximum absolute atomic E-state index is 14.2. The van der Waals surface area contributed by atoms with E-state index in [2.05, 4.69) is 20.3 Å². The maximum atomic E-state index is 14.2. The van der Waals surface area contributed by atoms with E-state index in [1.54, 1.807) is 6.92 Å². The number of nitrogens with zero attached hydrogens (tertiary/aromatic N) is 3. The number of hydrogen-bond donors (Lipinski definition) is 1. The molecule has 0 aliphatic rings. The van der Waals surface area contributed by atoms with Gasteiger partial charge in [-0.15, -0.1) is 10.2 Å². The lowest BCUT2D eigenvalue weighted by Crippen LogP contribution is -2.47. The van der Waals surface area contributed by atoms with Crippen molar-refractivity contribution >= 4 is 55.8 Å². The predicted octanol–water partition coefficient (Wildman–Crippen LogP) is 2.13. The Balaban J connectivity index is 2.21. The fourth-order valence-corrected chi connectivity index (χ4v) is 5.15. The topological polar surface area (TPSA) is 119 Å². The second-order valence-electron chi connectivity index (χ2n) is 5.66. The molecule has 0 bridgehead atoms. The number of amides is 1. The fourth-order valence-electron chi connectivity index (χ4n) is 2.35. The largest absolute Gasteiger partial charge is 0.468 e. The van der Waals surface area contributed by atoms with Crippen molar-refractivity contribution in [3.63, 3.8) is 0 Å². The quantitative estimate of drug-likeness (QED) is 0.342. The average molecular weight is 463 g/mol. The van der Waals surface area contributed by atoms with E-state index >= 15 is 0 Å². The van der Waals surface area contributed by atoms with Gasteiger partial charge in [-0.2, -0.15) is 0 Å². The van der Waals surface area contributed by atoms with Crippen LogP contribution in [0.1, 0.15) is 13.3 Å². The standard InChI is InChI=1S/C16H19FN4O5S3/c1-4-11(21(29(3,24)25)12-8-6-5-7-10(12)17)14(23)18-15-19-20-16(28-15)27-9-13(22)26-2/h5-8,11H,4,9H2,1-3H3,(H,18,19,23). The van der Waals surface area contributed by atoms with Gasteiger partial charge in [0.25, 0.3) is 0 Å². The van der Waals surface area contributed by atoms with Crippen molar-refractivity contribution < 1.29 is 27.1 Å². The van der Waals surface area contributed by atoms with Gasteiger partial charge in [0.15, 0.2) is 4.34 Å². The van der Waals surface area contributed by atoms with Gasteiger partial charge in [-0.3, -0.25) is 19.2 Å². The first kappa shape index (κ1) is 23.0. The van der Waals surface area contributed by atoms with E-state index in [1.807, 2.05) is 0 Å². The Morgan fingerprint density at radius 3 is 2.62 bits per heavy atom. The van der Waals surface area contributed by atoms with Crippen LogP contribution in [0.4, 0.5) is 15.2 Å². The molecule has 2 aromatic rings. The summed E-state index contributed by atoms with van der Waals surface area (Å²) >= 11 is 2.11. The second-order valence-corrected chi connectivity index (χ2v) is 9.72. The zero-order valence-corrected chi connectivity index (χ0v) is 18.2. The predicted molar refractivity (Wildman–Crippen MR) is 109 cm³/mol. The molecule has 0 spiro atoms. The van der Waals surface area contributed by atoms with Crippen molar-refractivity contribution in [2.45, 2.75) is 23.7 Å².